The molecule has 1 aromatic rings. The van der Waals surface area contributed by atoms with Crippen molar-refractivity contribution in [1.82, 2.24) is 10.6 Å². The van der Waals surface area contributed by atoms with E-state index in [1.54, 1.807) is 6.07 Å². The van der Waals surface area contributed by atoms with Crippen molar-refractivity contribution in [3.63, 3.8) is 0 Å². The van der Waals surface area contributed by atoms with Crippen molar-refractivity contribution in [2.45, 2.75) is 71.1 Å². The Morgan fingerprint density at radius 1 is 1.44 bits per heavy atom. The Bertz CT molecular complexity index is 627. The third kappa shape index (κ3) is 5.50. The predicted octanol–water partition coefficient (Wildman–Crippen LogP) is 3.71. The molecule has 0 aliphatic heterocycles. The number of hydrogen-bond acceptors (Lipinski definition) is 5. The maximum absolute atomic E-state index is 12.1. The number of carbonyl (C=O) groups excluding carboxylic acids is 1. The molecule has 0 radical (unpaired) electrons. The highest BCUT2D eigenvalue weighted by Crippen LogP contribution is 2.33. The summed E-state index contributed by atoms with van der Waals surface area (Å²) in [5, 5.41) is 15.4. The van der Waals surface area contributed by atoms with E-state index < -0.39 is 11.7 Å². The Hall–Kier alpha value is -2.00. The van der Waals surface area contributed by atoms with Crippen LogP contribution in [0.1, 0.15) is 64.9 Å². The van der Waals surface area contributed by atoms with Crippen LogP contribution in [0, 0.1) is 17.2 Å². The first-order valence-electron chi connectivity index (χ1n) is 8.95. The van der Waals surface area contributed by atoms with Gasteiger partial charge in [-0.05, 0) is 51.7 Å². The smallest absolute Gasteiger partial charge is 0.407 e. The monoisotopic (exact) mass is 347 g/mol. The SMILES string of the molecule is CC1CCCCC1(CNC(=O)OC(C)(C)C)NCc1ccc(C#N)o1. The van der Waals surface area contributed by atoms with Crippen LogP contribution < -0.4 is 10.6 Å². The van der Waals surface area contributed by atoms with Gasteiger partial charge < -0.3 is 19.8 Å². The van der Waals surface area contributed by atoms with Crippen molar-refractivity contribution in [2.75, 3.05) is 6.54 Å². The predicted molar refractivity (Wildman–Crippen MR) is 94.9 cm³/mol. The van der Waals surface area contributed by atoms with Gasteiger partial charge in [-0.1, -0.05) is 19.8 Å². The maximum atomic E-state index is 12.1. The third-order valence-corrected chi connectivity index (χ3v) is 4.79. The van der Waals surface area contributed by atoms with Gasteiger partial charge in [0.2, 0.25) is 5.76 Å². The number of nitrogens with zero attached hydrogens (tertiary/aromatic N) is 1. The van der Waals surface area contributed by atoms with Gasteiger partial charge >= 0.3 is 6.09 Å². The lowest BCUT2D eigenvalue weighted by molar-refractivity contribution is 0.0478. The maximum Gasteiger partial charge on any atom is 0.407 e. The number of furan rings is 1. The molecule has 6 heteroatoms. The van der Waals surface area contributed by atoms with E-state index in [1.807, 2.05) is 32.9 Å². The summed E-state index contributed by atoms with van der Waals surface area (Å²) < 4.78 is 10.8. The van der Waals surface area contributed by atoms with Crippen molar-refractivity contribution in [2.24, 2.45) is 5.92 Å². The van der Waals surface area contributed by atoms with E-state index in [0.717, 1.165) is 25.0 Å². The molecule has 2 atom stereocenters. The average molecular weight is 347 g/mol. The fourth-order valence-electron chi connectivity index (χ4n) is 3.34. The number of nitriles is 1. The first-order valence-corrected chi connectivity index (χ1v) is 8.95. The van der Waals surface area contributed by atoms with Gasteiger partial charge in [-0.3, -0.25) is 0 Å². The highest BCUT2D eigenvalue weighted by Gasteiger charge is 2.38. The average Bonchev–Trinajstić information content (AvgIpc) is 3.00. The first kappa shape index (κ1) is 19.3. The van der Waals surface area contributed by atoms with Crippen LogP contribution in [0.5, 0.6) is 0 Å². The van der Waals surface area contributed by atoms with Gasteiger partial charge in [0.1, 0.15) is 17.4 Å². The van der Waals surface area contributed by atoms with Crippen molar-refractivity contribution in [3.05, 3.63) is 23.7 Å². The molecule has 1 heterocycles. The number of hydrogen-bond donors (Lipinski definition) is 2. The summed E-state index contributed by atoms with van der Waals surface area (Å²) in [6.07, 6.45) is 4.03. The Morgan fingerprint density at radius 3 is 2.80 bits per heavy atom. The zero-order valence-electron chi connectivity index (χ0n) is 15.6. The minimum atomic E-state index is -0.509. The van der Waals surface area contributed by atoms with Gasteiger partial charge in [-0.15, -0.1) is 0 Å². The van der Waals surface area contributed by atoms with Crippen molar-refractivity contribution in [3.8, 4) is 6.07 Å². The second-order valence-corrected chi connectivity index (χ2v) is 7.89. The number of alkyl carbamates (subject to hydrolysis) is 1. The number of amides is 1. The molecular formula is C19H29N3O3. The first-order chi connectivity index (χ1) is 11.7. The summed E-state index contributed by atoms with van der Waals surface area (Å²) in [7, 11) is 0. The molecule has 138 valence electrons. The quantitative estimate of drug-likeness (QED) is 0.848. The molecule has 1 amide bonds. The Kier molecular flexibility index (Phi) is 6.12. The van der Waals surface area contributed by atoms with E-state index in [1.165, 1.54) is 6.42 Å². The molecule has 0 spiro atoms. The molecule has 2 unspecified atom stereocenters. The molecule has 25 heavy (non-hydrogen) atoms. The van der Waals surface area contributed by atoms with Crippen LogP contribution >= 0.6 is 0 Å². The van der Waals surface area contributed by atoms with E-state index in [2.05, 4.69) is 17.6 Å². The molecule has 1 saturated carbocycles. The van der Waals surface area contributed by atoms with Gasteiger partial charge in [0.15, 0.2) is 0 Å². The molecule has 1 aliphatic rings. The van der Waals surface area contributed by atoms with Crippen molar-refractivity contribution >= 4 is 6.09 Å². The van der Waals surface area contributed by atoms with Gasteiger partial charge in [0.05, 0.1) is 6.54 Å². The van der Waals surface area contributed by atoms with Crippen LogP contribution in [-0.2, 0) is 11.3 Å². The lowest BCUT2D eigenvalue weighted by Crippen LogP contribution is -2.58. The minimum absolute atomic E-state index is 0.200. The zero-order valence-corrected chi connectivity index (χ0v) is 15.6. The van der Waals surface area contributed by atoms with Gasteiger partial charge in [-0.2, -0.15) is 5.26 Å². The molecule has 1 aliphatic carbocycles. The second-order valence-electron chi connectivity index (χ2n) is 7.89. The number of rotatable bonds is 5. The van der Waals surface area contributed by atoms with Crippen molar-refractivity contribution in [1.29, 1.82) is 5.26 Å². The van der Waals surface area contributed by atoms with E-state index in [4.69, 9.17) is 14.4 Å². The standard InChI is InChI=1S/C19H29N3O3/c1-14-7-5-6-10-19(14,13-21-17(23)25-18(2,3)4)22-12-16-9-8-15(11-20)24-16/h8-9,14,22H,5-7,10,12-13H2,1-4H3,(H,21,23). The second kappa shape index (κ2) is 7.92. The largest absolute Gasteiger partial charge is 0.449 e. The molecule has 2 rings (SSSR count). The summed E-state index contributed by atoms with van der Waals surface area (Å²) in [6, 6.07) is 5.48. The fraction of sp³-hybridized carbons (Fsp3) is 0.684. The summed E-state index contributed by atoms with van der Waals surface area (Å²) >= 11 is 0. The molecular weight excluding hydrogens is 318 g/mol. The van der Waals surface area contributed by atoms with E-state index in [0.29, 0.717) is 24.8 Å². The normalized spacial score (nSPS) is 23.7. The van der Waals surface area contributed by atoms with E-state index in [-0.39, 0.29) is 5.54 Å². The highest BCUT2D eigenvalue weighted by molar-refractivity contribution is 5.67. The Morgan fingerprint density at radius 2 is 2.20 bits per heavy atom. The van der Waals surface area contributed by atoms with Crippen LogP contribution in [0.2, 0.25) is 0 Å². The van der Waals surface area contributed by atoms with Gasteiger partial charge in [0, 0.05) is 12.1 Å². The topological polar surface area (TPSA) is 87.3 Å². The zero-order chi connectivity index (χ0) is 18.5. The summed E-state index contributed by atoms with van der Waals surface area (Å²) in [5.74, 6) is 1.46. The minimum Gasteiger partial charge on any atom is -0.449 e. The molecule has 1 fully saturated rings. The van der Waals surface area contributed by atoms with Gasteiger partial charge in [-0.25, -0.2) is 4.79 Å². The highest BCUT2D eigenvalue weighted by atomic mass is 16.6. The van der Waals surface area contributed by atoms with Crippen LogP contribution in [-0.4, -0.2) is 23.8 Å². The fourth-order valence-corrected chi connectivity index (χ4v) is 3.34. The summed E-state index contributed by atoms with van der Waals surface area (Å²) in [5.41, 5.74) is -0.709. The molecule has 0 aromatic carbocycles. The summed E-state index contributed by atoms with van der Waals surface area (Å²) in [4.78, 5) is 12.1. The molecule has 6 nitrogen and oxygen atoms in total. The van der Waals surface area contributed by atoms with Gasteiger partial charge in [0.25, 0.3) is 0 Å². The molecule has 2 N–H and O–H groups in total. The number of nitrogens with one attached hydrogen (secondary N) is 2. The van der Waals surface area contributed by atoms with Crippen LogP contribution in [0.4, 0.5) is 4.79 Å². The van der Waals surface area contributed by atoms with Crippen LogP contribution in [0.3, 0.4) is 0 Å². The lowest BCUT2D eigenvalue weighted by atomic mass is 9.73. The Balaban J connectivity index is 2.01. The summed E-state index contributed by atoms with van der Waals surface area (Å²) in [6.45, 7) is 8.82. The lowest BCUT2D eigenvalue weighted by Gasteiger charge is -2.43. The molecule has 1 aromatic heterocycles. The van der Waals surface area contributed by atoms with Crippen molar-refractivity contribution < 1.29 is 13.9 Å². The van der Waals surface area contributed by atoms with Crippen LogP contribution in [0.25, 0.3) is 0 Å². The third-order valence-electron chi connectivity index (χ3n) is 4.79. The number of ether oxygens (including phenoxy) is 1. The van der Waals surface area contributed by atoms with E-state index >= 15 is 0 Å². The van der Waals surface area contributed by atoms with E-state index in [9.17, 15) is 4.79 Å². The Labute approximate surface area is 149 Å². The number of carbonyl (C=O) groups is 1. The molecule has 0 saturated heterocycles. The molecule has 0 bridgehead atoms. The van der Waals surface area contributed by atoms with Crippen LogP contribution in [0.15, 0.2) is 16.5 Å².